The van der Waals surface area contributed by atoms with Crippen molar-refractivity contribution in [3.8, 4) is 0 Å². The predicted octanol–water partition coefficient (Wildman–Crippen LogP) is 1.94. The predicted molar refractivity (Wildman–Crippen MR) is 44.7 cm³/mol. The molecule has 0 heterocycles. The summed E-state index contributed by atoms with van der Waals surface area (Å²) >= 11 is 8.46. The molecule has 0 radical (unpaired) electrons. The van der Waals surface area contributed by atoms with E-state index >= 15 is 0 Å². The first-order valence-corrected chi connectivity index (χ1v) is 4.54. The highest BCUT2D eigenvalue weighted by Gasteiger charge is 2.12. The molecule has 4 heteroatoms. The van der Waals surface area contributed by atoms with Crippen molar-refractivity contribution >= 4 is 33.5 Å². The molecule has 0 rings (SSSR count). The average Bonchev–Trinajstić information content (AvgIpc) is 1.98. The van der Waals surface area contributed by atoms with Gasteiger partial charge in [-0.25, -0.2) is 0 Å². The molecule has 2 nitrogen and oxygen atoms in total. The molecule has 10 heavy (non-hydrogen) atoms. The Balaban J connectivity index is 3.42. The van der Waals surface area contributed by atoms with Crippen LogP contribution in [0.4, 0.5) is 0 Å². The van der Waals surface area contributed by atoms with Crippen LogP contribution in [0, 0.1) is 0 Å². The van der Waals surface area contributed by atoms with Crippen molar-refractivity contribution in [1.82, 2.24) is 0 Å². The van der Waals surface area contributed by atoms with Gasteiger partial charge in [-0.15, -0.1) is 11.6 Å². The minimum atomic E-state index is -0.233. The van der Waals surface area contributed by atoms with E-state index < -0.39 is 0 Å². The van der Waals surface area contributed by atoms with Crippen LogP contribution in [-0.4, -0.2) is 23.3 Å². The van der Waals surface area contributed by atoms with Gasteiger partial charge in [0.05, 0.1) is 5.88 Å². The van der Waals surface area contributed by atoms with Crippen molar-refractivity contribution in [2.24, 2.45) is 0 Å². The Bertz CT molecular complexity index is 108. The monoisotopic (exact) mass is 228 g/mol. The summed E-state index contributed by atoms with van der Waals surface area (Å²) in [6.07, 6.45) is 0.737. The van der Waals surface area contributed by atoms with E-state index in [1.54, 1.807) is 0 Å². The van der Waals surface area contributed by atoms with Gasteiger partial charge in [0, 0.05) is 0 Å². The molecular formula is C6H10BrClO2. The van der Waals surface area contributed by atoms with Crippen LogP contribution in [0.3, 0.4) is 0 Å². The van der Waals surface area contributed by atoms with E-state index in [1.165, 1.54) is 0 Å². The summed E-state index contributed by atoms with van der Waals surface area (Å²) in [6, 6.07) is 0. The summed E-state index contributed by atoms with van der Waals surface area (Å²) in [5, 5.41) is 0. The summed E-state index contributed by atoms with van der Waals surface area (Å²) in [7, 11) is 0. The molecule has 0 saturated carbocycles. The number of carbonyl (C=O) groups is 1. The number of esters is 1. The fourth-order valence-corrected chi connectivity index (χ4v) is 0.606. The third-order valence-corrected chi connectivity index (χ3v) is 2.11. The van der Waals surface area contributed by atoms with Crippen LogP contribution in [0.1, 0.15) is 13.3 Å². The average molecular weight is 230 g/mol. The first-order chi connectivity index (χ1) is 4.72. The van der Waals surface area contributed by atoms with Gasteiger partial charge < -0.3 is 4.74 Å². The maximum Gasteiger partial charge on any atom is 0.319 e. The Morgan fingerprint density at radius 1 is 1.80 bits per heavy atom. The number of hydrogen-bond donors (Lipinski definition) is 0. The zero-order valence-electron chi connectivity index (χ0n) is 5.77. The molecule has 0 saturated heterocycles. The maximum atomic E-state index is 10.8. The van der Waals surface area contributed by atoms with E-state index in [4.69, 9.17) is 16.3 Å². The molecule has 0 unspecified atom stereocenters. The zero-order valence-corrected chi connectivity index (χ0v) is 8.11. The van der Waals surface area contributed by atoms with Crippen LogP contribution < -0.4 is 0 Å². The Hall–Kier alpha value is 0.240. The van der Waals surface area contributed by atoms with Gasteiger partial charge in [-0.3, -0.25) is 4.79 Å². The molecule has 0 bridgehead atoms. The van der Waals surface area contributed by atoms with E-state index in [2.05, 4.69) is 15.9 Å². The van der Waals surface area contributed by atoms with Gasteiger partial charge in [0.2, 0.25) is 0 Å². The Kier molecular flexibility index (Phi) is 6.13. The fraction of sp³-hybridized carbons (Fsp3) is 0.833. The minimum absolute atomic E-state index is 0.185. The smallest absolute Gasteiger partial charge is 0.319 e. The molecule has 0 aromatic heterocycles. The van der Waals surface area contributed by atoms with E-state index in [9.17, 15) is 4.79 Å². The standard InChI is InChI=1S/C6H10BrClO2/c1-2-5(7)6(9)10-4-3-8/h5H,2-4H2,1H3/t5-/m0/s1. The largest absolute Gasteiger partial charge is 0.464 e. The third kappa shape index (κ3) is 4.12. The highest BCUT2D eigenvalue weighted by atomic mass is 79.9. The molecule has 1 atom stereocenters. The van der Waals surface area contributed by atoms with Crippen LogP contribution >= 0.6 is 27.5 Å². The van der Waals surface area contributed by atoms with Crippen molar-refractivity contribution < 1.29 is 9.53 Å². The van der Waals surface area contributed by atoms with Crippen molar-refractivity contribution in [3.05, 3.63) is 0 Å². The molecule has 0 aliphatic heterocycles. The normalized spacial score (nSPS) is 12.7. The molecule has 0 aromatic carbocycles. The van der Waals surface area contributed by atoms with Crippen LogP contribution in [0.5, 0.6) is 0 Å². The van der Waals surface area contributed by atoms with E-state index in [-0.39, 0.29) is 10.8 Å². The molecule has 0 aliphatic carbocycles. The van der Waals surface area contributed by atoms with Gasteiger partial charge >= 0.3 is 5.97 Å². The van der Waals surface area contributed by atoms with Crippen LogP contribution in [-0.2, 0) is 9.53 Å². The van der Waals surface area contributed by atoms with Gasteiger partial charge in [0.15, 0.2) is 0 Å². The highest BCUT2D eigenvalue weighted by Crippen LogP contribution is 2.05. The molecular weight excluding hydrogens is 219 g/mol. The van der Waals surface area contributed by atoms with Crippen LogP contribution in [0.2, 0.25) is 0 Å². The number of alkyl halides is 2. The second-order valence-corrected chi connectivity index (χ2v) is 3.22. The molecule has 0 spiro atoms. The number of halogens is 2. The number of carbonyl (C=O) groups excluding carboxylic acids is 1. The lowest BCUT2D eigenvalue weighted by atomic mass is 10.3. The maximum absolute atomic E-state index is 10.8. The summed E-state index contributed by atoms with van der Waals surface area (Å²) in [5.74, 6) is 0.123. The lowest BCUT2D eigenvalue weighted by Gasteiger charge is -2.05. The van der Waals surface area contributed by atoms with Gasteiger partial charge in [0.25, 0.3) is 0 Å². The molecule has 0 aromatic rings. The van der Waals surface area contributed by atoms with E-state index in [0.717, 1.165) is 6.42 Å². The van der Waals surface area contributed by atoms with Crippen LogP contribution in [0.25, 0.3) is 0 Å². The lowest BCUT2D eigenvalue weighted by Crippen LogP contribution is -2.17. The van der Waals surface area contributed by atoms with Gasteiger partial charge in [-0.05, 0) is 6.42 Å². The quantitative estimate of drug-likeness (QED) is 0.544. The zero-order chi connectivity index (χ0) is 7.98. The Morgan fingerprint density at radius 3 is 2.80 bits per heavy atom. The van der Waals surface area contributed by atoms with Gasteiger partial charge in [-0.2, -0.15) is 0 Å². The number of ether oxygens (including phenoxy) is 1. The summed E-state index contributed by atoms with van der Waals surface area (Å²) in [5.41, 5.74) is 0. The Morgan fingerprint density at radius 2 is 2.40 bits per heavy atom. The van der Waals surface area contributed by atoms with Gasteiger partial charge in [0.1, 0.15) is 11.4 Å². The van der Waals surface area contributed by atoms with Crippen molar-refractivity contribution in [1.29, 1.82) is 0 Å². The summed E-state index contributed by atoms with van der Waals surface area (Å²) in [6.45, 7) is 2.20. The second-order valence-electron chi connectivity index (χ2n) is 1.73. The van der Waals surface area contributed by atoms with Crippen LogP contribution in [0.15, 0.2) is 0 Å². The lowest BCUT2D eigenvalue weighted by molar-refractivity contribution is -0.142. The fourth-order valence-electron chi connectivity index (χ4n) is 0.396. The van der Waals surface area contributed by atoms with Crippen molar-refractivity contribution in [2.45, 2.75) is 18.2 Å². The molecule has 0 fully saturated rings. The third-order valence-electron chi connectivity index (χ3n) is 0.936. The first-order valence-electron chi connectivity index (χ1n) is 3.09. The minimum Gasteiger partial charge on any atom is -0.464 e. The number of rotatable bonds is 4. The molecule has 60 valence electrons. The molecule has 0 N–H and O–H groups in total. The Labute approximate surface area is 74.0 Å². The second kappa shape index (κ2) is 5.98. The topological polar surface area (TPSA) is 26.3 Å². The van der Waals surface area contributed by atoms with E-state index in [0.29, 0.717) is 12.5 Å². The highest BCUT2D eigenvalue weighted by molar-refractivity contribution is 9.10. The first kappa shape index (κ1) is 10.2. The number of hydrogen-bond acceptors (Lipinski definition) is 2. The van der Waals surface area contributed by atoms with Gasteiger partial charge in [-0.1, -0.05) is 22.9 Å². The van der Waals surface area contributed by atoms with Crippen molar-refractivity contribution in [2.75, 3.05) is 12.5 Å². The van der Waals surface area contributed by atoms with E-state index in [1.807, 2.05) is 6.92 Å². The van der Waals surface area contributed by atoms with Crippen molar-refractivity contribution in [3.63, 3.8) is 0 Å². The SMILES string of the molecule is CC[C@H](Br)C(=O)OCCCl. The summed E-state index contributed by atoms with van der Waals surface area (Å²) < 4.78 is 4.73. The molecule has 0 amide bonds. The molecule has 0 aliphatic rings. The summed E-state index contributed by atoms with van der Waals surface area (Å²) in [4.78, 5) is 10.6.